The SMILES string of the molecule is CC1CN(C(=O)C(C)Oc2cccnc2)CCN1. The minimum absolute atomic E-state index is 0.0344. The number of nitrogens with one attached hydrogen (secondary N) is 1. The molecular weight excluding hydrogens is 230 g/mol. The van der Waals surface area contributed by atoms with E-state index >= 15 is 0 Å². The zero-order valence-corrected chi connectivity index (χ0v) is 10.8. The molecule has 2 unspecified atom stereocenters. The van der Waals surface area contributed by atoms with Crippen molar-refractivity contribution in [2.45, 2.75) is 26.0 Å². The first-order valence-electron chi connectivity index (χ1n) is 6.25. The normalized spacial score (nSPS) is 21.4. The summed E-state index contributed by atoms with van der Waals surface area (Å²) in [5.74, 6) is 0.661. The number of rotatable bonds is 3. The molecule has 0 aliphatic carbocycles. The van der Waals surface area contributed by atoms with Crippen molar-refractivity contribution in [2.24, 2.45) is 0 Å². The molecule has 1 N–H and O–H groups in total. The number of aromatic nitrogens is 1. The summed E-state index contributed by atoms with van der Waals surface area (Å²) in [7, 11) is 0. The van der Waals surface area contributed by atoms with E-state index in [1.807, 2.05) is 4.90 Å². The Morgan fingerprint density at radius 1 is 1.67 bits per heavy atom. The monoisotopic (exact) mass is 249 g/mol. The maximum absolute atomic E-state index is 12.2. The molecule has 0 saturated carbocycles. The van der Waals surface area contributed by atoms with Crippen molar-refractivity contribution in [3.05, 3.63) is 24.5 Å². The summed E-state index contributed by atoms with van der Waals surface area (Å²) in [6.45, 7) is 6.17. The van der Waals surface area contributed by atoms with Crippen LogP contribution < -0.4 is 10.1 Å². The van der Waals surface area contributed by atoms with Gasteiger partial charge in [0.2, 0.25) is 0 Å². The van der Waals surface area contributed by atoms with E-state index in [0.29, 0.717) is 11.8 Å². The summed E-state index contributed by atoms with van der Waals surface area (Å²) >= 11 is 0. The number of hydrogen-bond acceptors (Lipinski definition) is 4. The molecule has 0 spiro atoms. The zero-order valence-electron chi connectivity index (χ0n) is 10.8. The smallest absolute Gasteiger partial charge is 0.263 e. The minimum Gasteiger partial charge on any atom is -0.479 e. The van der Waals surface area contributed by atoms with Gasteiger partial charge in [-0.1, -0.05) is 0 Å². The molecule has 5 nitrogen and oxygen atoms in total. The minimum atomic E-state index is -0.473. The number of carbonyl (C=O) groups is 1. The fourth-order valence-corrected chi connectivity index (χ4v) is 2.06. The molecule has 0 bridgehead atoms. The third kappa shape index (κ3) is 3.20. The third-order valence-electron chi connectivity index (χ3n) is 2.98. The van der Waals surface area contributed by atoms with Crippen LogP contribution in [0.15, 0.2) is 24.5 Å². The molecular formula is C13H19N3O2. The quantitative estimate of drug-likeness (QED) is 0.855. The van der Waals surface area contributed by atoms with E-state index in [-0.39, 0.29) is 5.91 Å². The number of carbonyl (C=O) groups excluding carboxylic acids is 1. The van der Waals surface area contributed by atoms with Gasteiger partial charge >= 0.3 is 0 Å². The number of piperazine rings is 1. The summed E-state index contributed by atoms with van der Waals surface area (Å²) in [5, 5.41) is 3.31. The second kappa shape index (κ2) is 5.82. The molecule has 1 aliphatic heterocycles. The topological polar surface area (TPSA) is 54.5 Å². The lowest BCUT2D eigenvalue weighted by Crippen LogP contribution is -2.54. The Bertz CT molecular complexity index is 396. The van der Waals surface area contributed by atoms with Crippen molar-refractivity contribution in [3.8, 4) is 5.75 Å². The molecule has 1 amide bonds. The molecule has 1 aromatic heterocycles. The van der Waals surface area contributed by atoms with Gasteiger partial charge in [-0.15, -0.1) is 0 Å². The van der Waals surface area contributed by atoms with Crippen LogP contribution in [0.4, 0.5) is 0 Å². The van der Waals surface area contributed by atoms with Crippen LogP contribution >= 0.6 is 0 Å². The van der Waals surface area contributed by atoms with Crippen LogP contribution in [0.5, 0.6) is 5.75 Å². The van der Waals surface area contributed by atoms with Crippen molar-refractivity contribution in [2.75, 3.05) is 19.6 Å². The van der Waals surface area contributed by atoms with Crippen LogP contribution in [-0.2, 0) is 4.79 Å². The second-order valence-corrected chi connectivity index (χ2v) is 4.59. The highest BCUT2D eigenvalue weighted by Gasteiger charge is 2.25. The van der Waals surface area contributed by atoms with Crippen molar-refractivity contribution in [1.82, 2.24) is 15.2 Å². The van der Waals surface area contributed by atoms with E-state index in [1.165, 1.54) is 0 Å². The predicted molar refractivity (Wildman–Crippen MR) is 68.4 cm³/mol. The summed E-state index contributed by atoms with van der Waals surface area (Å²) in [6, 6.07) is 3.93. The Morgan fingerprint density at radius 3 is 3.17 bits per heavy atom. The lowest BCUT2D eigenvalue weighted by Gasteiger charge is -2.33. The van der Waals surface area contributed by atoms with Gasteiger partial charge in [-0.25, -0.2) is 0 Å². The first kappa shape index (κ1) is 12.8. The Morgan fingerprint density at radius 2 is 2.50 bits per heavy atom. The number of ether oxygens (including phenoxy) is 1. The third-order valence-corrected chi connectivity index (χ3v) is 2.98. The van der Waals surface area contributed by atoms with Gasteiger partial charge in [0, 0.05) is 31.9 Å². The second-order valence-electron chi connectivity index (χ2n) is 4.59. The van der Waals surface area contributed by atoms with E-state index in [4.69, 9.17) is 4.74 Å². The molecule has 1 aromatic rings. The highest BCUT2D eigenvalue weighted by atomic mass is 16.5. The van der Waals surface area contributed by atoms with E-state index in [2.05, 4.69) is 17.2 Å². The molecule has 2 heterocycles. The van der Waals surface area contributed by atoms with Crippen molar-refractivity contribution < 1.29 is 9.53 Å². The Hall–Kier alpha value is -1.62. The van der Waals surface area contributed by atoms with Gasteiger partial charge in [-0.3, -0.25) is 9.78 Å². The lowest BCUT2D eigenvalue weighted by molar-refractivity contribution is -0.139. The number of nitrogens with zero attached hydrogens (tertiary/aromatic N) is 2. The maximum atomic E-state index is 12.2. The highest BCUT2D eigenvalue weighted by Crippen LogP contribution is 2.11. The van der Waals surface area contributed by atoms with Crippen LogP contribution in [0.3, 0.4) is 0 Å². The van der Waals surface area contributed by atoms with E-state index in [1.54, 1.807) is 31.5 Å². The van der Waals surface area contributed by atoms with Crippen LogP contribution in [0.25, 0.3) is 0 Å². The Balaban J connectivity index is 1.92. The average molecular weight is 249 g/mol. The van der Waals surface area contributed by atoms with Gasteiger partial charge in [0.15, 0.2) is 6.10 Å². The number of hydrogen-bond donors (Lipinski definition) is 1. The molecule has 2 atom stereocenters. The Labute approximate surface area is 107 Å². The first-order chi connectivity index (χ1) is 8.66. The highest BCUT2D eigenvalue weighted by molar-refractivity contribution is 5.81. The average Bonchev–Trinajstić information content (AvgIpc) is 2.39. The van der Waals surface area contributed by atoms with Crippen LogP contribution in [-0.4, -0.2) is 47.6 Å². The molecule has 0 radical (unpaired) electrons. The van der Waals surface area contributed by atoms with Crippen LogP contribution in [0.2, 0.25) is 0 Å². The molecule has 98 valence electrons. The standard InChI is InChI=1S/C13H19N3O2/c1-10-9-16(7-6-15-10)13(17)11(2)18-12-4-3-5-14-8-12/h3-5,8,10-11,15H,6-7,9H2,1-2H3. The van der Waals surface area contributed by atoms with Gasteiger partial charge in [-0.05, 0) is 26.0 Å². The Kier molecular flexibility index (Phi) is 4.15. The van der Waals surface area contributed by atoms with E-state index < -0.39 is 6.10 Å². The first-order valence-corrected chi connectivity index (χ1v) is 6.25. The molecule has 18 heavy (non-hydrogen) atoms. The van der Waals surface area contributed by atoms with Crippen LogP contribution in [0, 0.1) is 0 Å². The van der Waals surface area contributed by atoms with Crippen LogP contribution in [0.1, 0.15) is 13.8 Å². The predicted octanol–water partition coefficient (Wildman–Crippen LogP) is 0.669. The van der Waals surface area contributed by atoms with Gasteiger partial charge in [-0.2, -0.15) is 0 Å². The summed E-state index contributed by atoms with van der Waals surface area (Å²) < 4.78 is 5.59. The molecule has 0 aromatic carbocycles. The molecule has 2 rings (SSSR count). The molecule has 1 aliphatic rings. The van der Waals surface area contributed by atoms with Crippen molar-refractivity contribution in [1.29, 1.82) is 0 Å². The number of pyridine rings is 1. The van der Waals surface area contributed by atoms with Crippen molar-refractivity contribution in [3.63, 3.8) is 0 Å². The van der Waals surface area contributed by atoms with E-state index in [0.717, 1.165) is 19.6 Å². The van der Waals surface area contributed by atoms with Gasteiger partial charge < -0.3 is 15.0 Å². The summed E-state index contributed by atoms with van der Waals surface area (Å²) in [4.78, 5) is 18.0. The number of amides is 1. The molecule has 1 saturated heterocycles. The van der Waals surface area contributed by atoms with Gasteiger partial charge in [0.05, 0.1) is 6.20 Å². The van der Waals surface area contributed by atoms with Gasteiger partial charge in [0.1, 0.15) is 5.75 Å². The largest absolute Gasteiger partial charge is 0.479 e. The van der Waals surface area contributed by atoms with Gasteiger partial charge in [0.25, 0.3) is 5.91 Å². The summed E-state index contributed by atoms with van der Waals surface area (Å²) in [5.41, 5.74) is 0. The van der Waals surface area contributed by atoms with Crippen molar-refractivity contribution >= 4 is 5.91 Å². The fourth-order valence-electron chi connectivity index (χ4n) is 2.06. The fraction of sp³-hybridized carbons (Fsp3) is 0.538. The molecule has 1 fully saturated rings. The lowest BCUT2D eigenvalue weighted by atomic mass is 10.2. The summed E-state index contributed by atoms with van der Waals surface area (Å²) in [6.07, 6.45) is 2.82. The zero-order chi connectivity index (χ0) is 13.0. The van der Waals surface area contributed by atoms with E-state index in [9.17, 15) is 4.79 Å². The maximum Gasteiger partial charge on any atom is 0.263 e. The molecule has 5 heteroatoms.